The van der Waals surface area contributed by atoms with Gasteiger partial charge in [-0.25, -0.2) is 13.4 Å². The third-order valence-electron chi connectivity index (χ3n) is 4.12. The second-order valence-corrected chi connectivity index (χ2v) is 9.08. The number of sulfonamides is 1. The van der Waals surface area contributed by atoms with Crippen LogP contribution in [0.25, 0.3) is 0 Å². The van der Waals surface area contributed by atoms with Gasteiger partial charge in [-0.1, -0.05) is 6.92 Å². The summed E-state index contributed by atoms with van der Waals surface area (Å²) in [6.45, 7) is 8.45. The third-order valence-corrected chi connectivity index (χ3v) is 7.36. The highest BCUT2D eigenvalue weighted by Crippen LogP contribution is 2.28. The molecule has 21 heavy (non-hydrogen) atoms. The van der Waals surface area contributed by atoms with E-state index in [1.165, 1.54) is 17.5 Å². The van der Waals surface area contributed by atoms with Crippen molar-refractivity contribution in [2.45, 2.75) is 50.3 Å². The van der Waals surface area contributed by atoms with Crippen LogP contribution in [0.15, 0.2) is 10.4 Å². The Kier molecular flexibility index (Phi) is 5.76. The van der Waals surface area contributed by atoms with Gasteiger partial charge < -0.3 is 5.32 Å². The molecule has 1 fully saturated rings. The highest BCUT2D eigenvalue weighted by Gasteiger charge is 2.32. The van der Waals surface area contributed by atoms with E-state index in [9.17, 15) is 8.42 Å². The van der Waals surface area contributed by atoms with Gasteiger partial charge in [0.05, 0.1) is 11.2 Å². The van der Waals surface area contributed by atoms with Gasteiger partial charge in [0.2, 0.25) is 0 Å². The summed E-state index contributed by atoms with van der Waals surface area (Å²) in [6, 6.07) is 0.459. The van der Waals surface area contributed by atoms with Crippen molar-refractivity contribution in [3.8, 4) is 0 Å². The molecule has 1 aliphatic heterocycles. The first-order valence-electron chi connectivity index (χ1n) is 7.61. The molecule has 1 atom stereocenters. The van der Waals surface area contributed by atoms with Crippen molar-refractivity contribution in [3.63, 3.8) is 0 Å². The third kappa shape index (κ3) is 4.03. The van der Waals surface area contributed by atoms with Crippen LogP contribution in [0.1, 0.15) is 38.1 Å². The van der Waals surface area contributed by atoms with Crippen molar-refractivity contribution in [1.82, 2.24) is 14.6 Å². The maximum Gasteiger partial charge on any atom is 0.254 e. The highest BCUT2D eigenvalue weighted by atomic mass is 32.2. The number of rotatable bonds is 6. The van der Waals surface area contributed by atoms with Crippen molar-refractivity contribution < 1.29 is 8.42 Å². The smallest absolute Gasteiger partial charge is 0.254 e. The number of thiazole rings is 1. The molecule has 0 radical (unpaired) electrons. The summed E-state index contributed by atoms with van der Waals surface area (Å²) < 4.78 is 27.0. The van der Waals surface area contributed by atoms with Crippen LogP contribution in [0.5, 0.6) is 0 Å². The molecule has 2 rings (SSSR count). The van der Waals surface area contributed by atoms with Crippen molar-refractivity contribution in [2.24, 2.45) is 5.92 Å². The van der Waals surface area contributed by atoms with Gasteiger partial charge in [0.25, 0.3) is 10.0 Å². The van der Waals surface area contributed by atoms with Crippen LogP contribution in [-0.4, -0.2) is 43.4 Å². The van der Waals surface area contributed by atoms with Crippen molar-refractivity contribution >= 4 is 21.4 Å². The molecule has 1 N–H and O–H groups in total. The highest BCUT2D eigenvalue weighted by molar-refractivity contribution is 7.91. The maximum absolute atomic E-state index is 12.5. The van der Waals surface area contributed by atoms with Crippen molar-refractivity contribution in [1.29, 1.82) is 0 Å². The SMILES string of the molecule is CCCNC(C)C1CCN(S(=O)(=O)c2cnc(C)s2)CC1. The van der Waals surface area contributed by atoms with E-state index in [1.807, 2.05) is 6.92 Å². The fraction of sp³-hybridized carbons (Fsp3) is 0.786. The average molecular weight is 332 g/mol. The topological polar surface area (TPSA) is 62.3 Å². The minimum absolute atomic E-state index is 0.371. The zero-order valence-corrected chi connectivity index (χ0v) is 14.6. The lowest BCUT2D eigenvalue weighted by molar-refractivity contribution is 0.231. The number of piperidine rings is 1. The zero-order chi connectivity index (χ0) is 15.5. The number of hydrogen-bond acceptors (Lipinski definition) is 5. The Balaban J connectivity index is 1.94. The van der Waals surface area contributed by atoms with Gasteiger partial charge in [0.1, 0.15) is 0 Å². The number of nitrogens with one attached hydrogen (secondary N) is 1. The number of aryl methyl sites for hydroxylation is 1. The molecule has 1 aromatic rings. The Morgan fingerprint density at radius 3 is 2.67 bits per heavy atom. The number of nitrogens with zero attached hydrogens (tertiary/aromatic N) is 2. The predicted octanol–water partition coefficient (Wildman–Crippen LogP) is 2.24. The Labute approximate surface area is 131 Å². The summed E-state index contributed by atoms with van der Waals surface area (Å²) in [5.74, 6) is 0.561. The van der Waals surface area contributed by atoms with Crippen LogP contribution >= 0.6 is 11.3 Å². The monoisotopic (exact) mass is 331 g/mol. The van der Waals surface area contributed by atoms with Crippen LogP contribution in [0, 0.1) is 12.8 Å². The predicted molar refractivity (Wildman–Crippen MR) is 86.1 cm³/mol. The fourth-order valence-electron chi connectivity index (χ4n) is 2.74. The molecule has 0 spiro atoms. The Bertz CT molecular complexity index is 548. The molecule has 7 heteroatoms. The minimum atomic E-state index is -3.34. The fourth-order valence-corrected chi connectivity index (χ4v) is 5.48. The molecule has 0 saturated carbocycles. The van der Waals surface area contributed by atoms with E-state index in [-0.39, 0.29) is 0 Å². The molecule has 1 unspecified atom stereocenters. The van der Waals surface area contributed by atoms with E-state index in [4.69, 9.17) is 0 Å². The summed E-state index contributed by atoms with van der Waals surface area (Å²) >= 11 is 1.25. The molecular weight excluding hydrogens is 306 g/mol. The summed E-state index contributed by atoms with van der Waals surface area (Å²) in [7, 11) is -3.34. The Morgan fingerprint density at radius 1 is 1.48 bits per heavy atom. The Hall–Kier alpha value is -0.500. The summed E-state index contributed by atoms with van der Waals surface area (Å²) in [6.07, 6.45) is 4.46. The molecule has 1 aromatic heterocycles. The second-order valence-electron chi connectivity index (χ2n) is 5.68. The lowest BCUT2D eigenvalue weighted by atomic mass is 9.91. The van der Waals surface area contributed by atoms with E-state index >= 15 is 0 Å². The number of aromatic nitrogens is 1. The van der Waals surface area contributed by atoms with Crippen LogP contribution in [0.3, 0.4) is 0 Å². The van der Waals surface area contributed by atoms with Gasteiger partial charge in [-0.2, -0.15) is 4.31 Å². The van der Waals surface area contributed by atoms with E-state index in [0.717, 1.165) is 30.8 Å². The molecule has 120 valence electrons. The van der Waals surface area contributed by atoms with Gasteiger partial charge in [0.15, 0.2) is 4.21 Å². The molecule has 5 nitrogen and oxygen atoms in total. The van der Waals surface area contributed by atoms with Gasteiger partial charge in [-0.15, -0.1) is 11.3 Å². The van der Waals surface area contributed by atoms with Crippen molar-refractivity contribution in [2.75, 3.05) is 19.6 Å². The van der Waals surface area contributed by atoms with E-state index in [2.05, 4.69) is 24.1 Å². The van der Waals surface area contributed by atoms with Gasteiger partial charge in [-0.3, -0.25) is 0 Å². The van der Waals surface area contributed by atoms with Gasteiger partial charge in [0, 0.05) is 19.1 Å². The molecule has 1 aliphatic rings. The van der Waals surface area contributed by atoms with E-state index in [1.54, 1.807) is 4.31 Å². The summed E-state index contributed by atoms with van der Waals surface area (Å²) in [4.78, 5) is 4.06. The zero-order valence-electron chi connectivity index (χ0n) is 13.0. The standard InChI is InChI=1S/C14H25N3O2S2/c1-4-7-15-11(2)13-5-8-17(9-6-13)21(18,19)14-10-16-12(3)20-14/h10-11,13,15H,4-9H2,1-3H3. The molecule has 0 aliphatic carbocycles. The van der Waals surface area contributed by atoms with Crippen LogP contribution in [0.2, 0.25) is 0 Å². The lowest BCUT2D eigenvalue weighted by Crippen LogP contribution is -2.44. The lowest BCUT2D eigenvalue weighted by Gasteiger charge is -2.34. The first-order valence-corrected chi connectivity index (χ1v) is 9.86. The first kappa shape index (κ1) is 16.9. The molecule has 0 amide bonds. The summed E-state index contributed by atoms with van der Waals surface area (Å²) in [5, 5.41) is 4.31. The quantitative estimate of drug-likeness (QED) is 0.868. The largest absolute Gasteiger partial charge is 0.314 e. The minimum Gasteiger partial charge on any atom is -0.314 e. The van der Waals surface area contributed by atoms with Crippen LogP contribution in [-0.2, 0) is 10.0 Å². The molecule has 0 aromatic carbocycles. The van der Waals surface area contributed by atoms with Crippen LogP contribution in [0.4, 0.5) is 0 Å². The Morgan fingerprint density at radius 2 is 2.14 bits per heavy atom. The molecular formula is C14H25N3O2S2. The van der Waals surface area contributed by atoms with Gasteiger partial charge >= 0.3 is 0 Å². The number of hydrogen-bond donors (Lipinski definition) is 1. The molecule has 2 heterocycles. The first-order chi connectivity index (χ1) is 9.95. The molecule has 1 saturated heterocycles. The normalized spacial score (nSPS) is 19.8. The van der Waals surface area contributed by atoms with Crippen LogP contribution < -0.4 is 5.32 Å². The second kappa shape index (κ2) is 7.17. The summed E-state index contributed by atoms with van der Waals surface area (Å²) in [5.41, 5.74) is 0. The average Bonchev–Trinajstić information content (AvgIpc) is 2.92. The van der Waals surface area contributed by atoms with E-state index < -0.39 is 10.0 Å². The van der Waals surface area contributed by atoms with Gasteiger partial charge in [-0.05, 0) is 45.6 Å². The maximum atomic E-state index is 12.5. The van der Waals surface area contributed by atoms with Crippen molar-refractivity contribution in [3.05, 3.63) is 11.2 Å². The van der Waals surface area contributed by atoms with E-state index in [0.29, 0.717) is 29.3 Å². The molecule has 0 bridgehead atoms.